The second-order valence-electron chi connectivity index (χ2n) is 7.87. The van der Waals surface area contributed by atoms with E-state index in [4.69, 9.17) is 4.74 Å². The molecule has 1 atom stereocenters. The van der Waals surface area contributed by atoms with Crippen molar-refractivity contribution in [2.45, 2.75) is 12.5 Å². The maximum absolute atomic E-state index is 6.79. The Bertz CT molecular complexity index is 1380. The van der Waals surface area contributed by atoms with Crippen molar-refractivity contribution in [2.24, 2.45) is 0 Å². The Hall–Kier alpha value is -3.58. The lowest BCUT2D eigenvalue weighted by Gasteiger charge is -2.39. The van der Waals surface area contributed by atoms with Gasteiger partial charge in [-0.2, -0.15) is 0 Å². The molecule has 5 aromatic rings. The zero-order valence-corrected chi connectivity index (χ0v) is 16.2. The van der Waals surface area contributed by atoms with E-state index in [0.717, 1.165) is 11.3 Å². The van der Waals surface area contributed by atoms with E-state index in [1.54, 1.807) is 0 Å². The van der Waals surface area contributed by atoms with Crippen LogP contribution in [0.4, 0.5) is 0 Å². The van der Waals surface area contributed by atoms with Crippen LogP contribution in [-0.2, 0) is 5.60 Å². The number of fused-ring (bicyclic) bond motifs is 7. The van der Waals surface area contributed by atoms with Crippen molar-refractivity contribution in [2.75, 3.05) is 0 Å². The predicted octanol–water partition coefficient (Wildman–Crippen LogP) is 7.32. The summed E-state index contributed by atoms with van der Waals surface area (Å²) in [7, 11) is 0. The molecule has 1 unspecified atom stereocenters. The monoisotopic (exact) mass is 372 g/mol. The van der Waals surface area contributed by atoms with Gasteiger partial charge in [0.25, 0.3) is 0 Å². The van der Waals surface area contributed by atoms with Gasteiger partial charge < -0.3 is 4.74 Å². The molecule has 0 amide bonds. The van der Waals surface area contributed by atoms with Gasteiger partial charge in [0.15, 0.2) is 5.60 Å². The fourth-order valence-corrected chi connectivity index (χ4v) is 4.78. The predicted molar refractivity (Wildman–Crippen MR) is 120 cm³/mol. The quantitative estimate of drug-likeness (QED) is 0.300. The summed E-state index contributed by atoms with van der Waals surface area (Å²) in [6.07, 6.45) is 0. The first kappa shape index (κ1) is 16.4. The molecule has 1 heterocycles. The zero-order valence-electron chi connectivity index (χ0n) is 16.2. The molecular weight excluding hydrogens is 352 g/mol. The smallest absolute Gasteiger partial charge is 0.157 e. The van der Waals surface area contributed by atoms with Crippen LogP contribution in [0.5, 0.6) is 5.75 Å². The van der Waals surface area contributed by atoms with Crippen molar-refractivity contribution in [3.8, 4) is 16.9 Å². The minimum Gasteiger partial charge on any atom is -0.477 e. The van der Waals surface area contributed by atoms with E-state index in [1.165, 1.54) is 38.2 Å². The Labute approximate surface area is 170 Å². The third-order valence-corrected chi connectivity index (χ3v) is 6.22. The molecule has 0 bridgehead atoms. The fourth-order valence-electron chi connectivity index (χ4n) is 4.78. The van der Waals surface area contributed by atoms with Crippen molar-refractivity contribution in [1.82, 2.24) is 0 Å². The standard InChI is InChI=1S/C28H20O/c1-28(21-11-3-2-4-12-21)24-17-15-19-9-5-7-13-22(19)26(24)27-23-14-8-6-10-20(23)16-18-25(27)29-28/h2-18H,1H3. The number of ether oxygens (including phenoxy) is 1. The third kappa shape index (κ3) is 2.28. The minimum atomic E-state index is -0.546. The summed E-state index contributed by atoms with van der Waals surface area (Å²) < 4.78 is 6.79. The fraction of sp³-hybridized carbons (Fsp3) is 0.0714. The van der Waals surface area contributed by atoms with Gasteiger partial charge in [0.2, 0.25) is 0 Å². The molecule has 1 aliphatic heterocycles. The summed E-state index contributed by atoms with van der Waals surface area (Å²) in [4.78, 5) is 0. The molecule has 1 nitrogen and oxygen atoms in total. The summed E-state index contributed by atoms with van der Waals surface area (Å²) in [6.45, 7) is 2.19. The van der Waals surface area contributed by atoms with E-state index >= 15 is 0 Å². The SMILES string of the molecule is CC1(c2ccccc2)Oc2ccc3ccccc3c2-c2c1ccc1ccccc21. The van der Waals surface area contributed by atoms with E-state index in [2.05, 4.69) is 110 Å². The first-order valence-electron chi connectivity index (χ1n) is 10.0. The van der Waals surface area contributed by atoms with Crippen LogP contribution in [-0.4, -0.2) is 0 Å². The van der Waals surface area contributed by atoms with Gasteiger partial charge in [-0.1, -0.05) is 97.1 Å². The van der Waals surface area contributed by atoms with Crippen LogP contribution in [0.1, 0.15) is 18.1 Å². The van der Waals surface area contributed by atoms with E-state index in [9.17, 15) is 0 Å². The van der Waals surface area contributed by atoms with Gasteiger partial charge in [-0.15, -0.1) is 0 Å². The molecule has 6 rings (SSSR count). The van der Waals surface area contributed by atoms with Crippen molar-refractivity contribution in [3.05, 3.63) is 114 Å². The number of rotatable bonds is 1. The van der Waals surface area contributed by atoms with E-state index in [0.29, 0.717) is 0 Å². The second kappa shape index (κ2) is 5.96. The van der Waals surface area contributed by atoms with Gasteiger partial charge in [-0.3, -0.25) is 0 Å². The van der Waals surface area contributed by atoms with Gasteiger partial charge in [0.1, 0.15) is 5.75 Å². The number of benzene rings is 5. The van der Waals surface area contributed by atoms with Crippen molar-refractivity contribution in [1.29, 1.82) is 0 Å². The first-order valence-corrected chi connectivity index (χ1v) is 10.0. The van der Waals surface area contributed by atoms with Gasteiger partial charge >= 0.3 is 0 Å². The van der Waals surface area contributed by atoms with Gasteiger partial charge in [-0.25, -0.2) is 0 Å². The Kier molecular flexibility index (Phi) is 3.36. The van der Waals surface area contributed by atoms with Gasteiger partial charge in [0.05, 0.1) is 0 Å². The molecule has 138 valence electrons. The highest BCUT2D eigenvalue weighted by molar-refractivity contribution is 6.09. The summed E-state index contributed by atoms with van der Waals surface area (Å²) in [5.74, 6) is 0.943. The molecule has 0 radical (unpaired) electrons. The normalized spacial score (nSPS) is 17.6. The second-order valence-corrected chi connectivity index (χ2v) is 7.87. The molecule has 29 heavy (non-hydrogen) atoms. The molecule has 1 heteroatoms. The molecule has 0 aromatic heterocycles. The Balaban J connectivity index is 1.79. The highest BCUT2D eigenvalue weighted by Gasteiger charge is 2.39. The zero-order chi connectivity index (χ0) is 19.4. The van der Waals surface area contributed by atoms with Crippen molar-refractivity contribution < 1.29 is 4.74 Å². The lowest BCUT2D eigenvalue weighted by atomic mass is 9.78. The van der Waals surface area contributed by atoms with Crippen LogP contribution in [0.3, 0.4) is 0 Å². The largest absolute Gasteiger partial charge is 0.477 e. The van der Waals surface area contributed by atoms with Crippen LogP contribution in [0.2, 0.25) is 0 Å². The summed E-state index contributed by atoms with van der Waals surface area (Å²) in [6, 6.07) is 36.5. The average molecular weight is 372 g/mol. The Morgan fingerprint density at radius 1 is 0.552 bits per heavy atom. The minimum absolute atomic E-state index is 0.546. The van der Waals surface area contributed by atoms with Gasteiger partial charge in [0, 0.05) is 16.7 Å². The molecule has 0 aliphatic carbocycles. The molecular formula is C28H20O. The Morgan fingerprint density at radius 2 is 1.14 bits per heavy atom. The van der Waals surface area contributed by atoms with E-state index in [1.807, 2.05) is 0 Å². The van der Waals surface area contributed by atoms with Crippen LogP contribution < -0.4 is 4.74 Å². The number of hydrogen-bond donors (Lipinski definition) is 0. The van der Waals surface area contributed by atoms with E-state index < -0.39 is 5.60 Å². The molecule has 0 fully saturated rings. The molecule has 1 aliphatic rings. The molecule has 5 aromatic carbocycles. The summed E-state index contributed by atoms with van der Waals surface area (Å²) in [5, 5.41) is 4.99. The topological polar surface area (TPSA) is 9.23 Å². The van der Waals surface area contributed by atoms with Crippen molar-refractivity contribution >= 4 is 21.5 Å². The van der Waals surface area contributed by atoms with Crippen LogP contribution in [0.25, 0.3) is 32.7 Å². The molecule has 0 saturated carbocycles. The highest BCUT2D eigenvalue weighted by Crippen LogP contribution is 2.52. The molecule has 0 saturated heterocycles. The lowest BCUT2D eigenvalue weighted by molar-refractivity contribution is 0.129. The average Bonchev–Trinajstić information content (AvgIpc) is 2.79. The maximum atomic E-state index is 6.79. The first-order chi connectivity index (χ1) is 14.3. The van der Waals surface area contributed by atoms with Crippen LogP contribution >= 0.6 is 0 Å². The molecule has 0 spiro atoms. The highest BCUT2D eigenvalue weighted by atomic mass is 16.5. The maximum Gasteiger partial charge on any atom is 0.157 e. The van der Waals surface area contributed by atoms with Crippen LogP contribution in [0.15, 0.2) is 103 Å². The Morgan fingerprint density at radius 3 is 1.86 bits per heavy atom. The van der Waals surface area contributed by atoms with Gasteiger partial charge in [-0.05, 0) is 40.1 Å². The summed E-state index contributed by atoms with van der Waals surface area (Å²) in [5.41, 5.74) is 4.31. The van der Waals surface area contributed by atoms with Crippen molar-refractivity contribution in [3.63, 3.8) is 0 Å². The lowest BCUT2D eigenvalue weighted by Crippen LogP contribution is -2.34. The number of hydrogen-bond acceptors (Lipinski definition) is 1. The third-order valence-electron chi connectivity index (χ3n) is 6.22. The summed E-state index contributed by atoms with van der Waals surface area (Å²) >= 11 is 0. The van der Waals surface area contributed by atoms with Crippen LogP contribution in [0, 0.1) is 0 Å². The molecule has 0 N–H and O–H groups in total. The van der Waals surface area contributed by atoms with E-state index in [-0.39, 0.29) is 0 Å².